The average Bonchev–Trinajstić information content (AvgIpc) is 3.10. The molecule has 0 aliphatic carbocycles. The minimum Gasteiger partial charge on any atom is -0.248 e. The summed E-state index contributed by atoms with van der Waals surface area (Å²) in [7, 11) is -3.47. The number of halogens is 1. The number of rotatable bonds is 3. The van der Waals surface area contributed by atoms with E-state index in [4.69, 9.17) is 0 Å². The second kappa shape index (κ2) is 5.27. The van der Waals surface area contributed by atoms with E-state index in [1.165, 1.54) is 4.31 Å². The van der Waals surface area contributed by atoms with E-state index < -0.39 is 10.0 Å². The minimum absolute atomic E-state index is 0.0507. The highest BCUT2D eigenvalue weighted by Gasteiger charge is 2.34. The molecule has 0 amide bonds. The Kier molecular flexibility index (Phi) is 3.61. The zero-order valence-corrected chi connectivity index (χ0v) is 13.0. The van der Waals surface area contributed by atoms with Gasteiger partial charge in [0.25, 0.3) is 0 Å². The maximum Gasteiger partial charge on any atom is 0.244 e. The van der Waals surface area contributed by atoms with Gasteiger partial charge in [-0.25, -0.2) is 13.1 Å². The van der Waals surface area contributed by atoms with Gasteiger partial charge in [-0.2, -0.15) is 4.31 Å². The lowest BCUT2D eigenvalue weighted by atomic mass is 10.3. The van der Waals surface area contributed by atoms with Crippen molar-refractivity contribution in [2.24, 2.45) is 0 Å². The maximum absolute atomic E-state index is 12.6. The molecule has 1 atom stereocenters. The highest BCUT2D eigenvalue weighted by atomic mass is 79.9. The molecule has 1 aromatic heterocycles. The van der Waals surface area contributed by atoms with Gasteiger partial charge in [-0.1, -0.05) is 17.3 Å². The van der Waals surface area contributed by atoms with E-state index in [2.05, 4.69) is 26.2 Å². The van der Waals surface area contributed by atoms with Crippen LogP contribution >= 0.6 is 15.9 Å². The van der Waals surface area contributed by atoms with Crippen molar-refractivity contribution in [3.05, 3.63) is 41.1 Å². The summed E-state index contributed by atoms with van der Waals surface area (Å²) in [6, 6.07) is 6.92. The maximum atomic E-state index is 12.6. The van der Waals surface area contributed by atoms with Gasteiger partial charge in [0.05, 0.1) is 17.1 Å². The van der Waals surface area contributed by atoms with E-state index in [9.17, 15) is 8.42 Å². The number of benzene rings is 1. The molecule has 1 aliphatic rings. The van der Waals surface area contributed by atoms with Gasteiger partial charge in [-0.15, -0.1) is 5.10 Å². The summed E-state index contributed by atoms with van der Waals surface area (Å²) < 4.78 is 29.0. The largest absolute Gasteiger partial charge is 0.248 e. The summed E-state index contributed by atoms with van der Waals surface area (Å²) in [6.45, 7) is 0.918. The van der Waals surface area contributed by atoms with Crippen molar-refractivity contribution >= 4 is 26.0 Å². The van der Waals surface area contributed by atoms with Crippen molar-refractivity contribution in [2.45, 2.75) is 17.4 Å². The van der Waals surface area contributed by atoms with Crippen LogP contribution in [0.3, 0.4) is 0 Å². The van der Waals surface area contributed by atoms with Crippen LogP contribution in [-0.2, 0) is 10.0 Å². The molecular formula is C12H13BrN4O2S. The third-order valence-corrected chi connectivity index (χ3v) is 6.27. The zero-order valence-electron chi connectivity index (χ0n) is 10.6. The van der Waals surface area contributed by atoms with Gasteiger partial charge < -0.3 is 0 Å². The molecule has 0 N–H and O–H groups in total. The molecule has 1 aromatic carbocycles. The molecule has 0 spiro atoms. The number of hydrogen-bond acceptors (Lipinski definition) is 4. The molecule has 3 rings (SSSR count). The second-order valence-corrected chi connectivity index (χ2v) is 7.38. The molecule has 6 nitrogen and oxygen atoms in total. The Bertz CT molecular complexity index is 702. The van der Waals surface area contributed by atoms with Gasteiger partial charge in [-0.05, 0) is 34.5 Å². The molecule has 0 radical (unpaired) electrons. The van der Waals surface area contributed by atoms with Gasteiger partial charge in [-0.3, -0.25) is 0 Å². The van der Waals surface area contributed by atoms with Crippen LogP contribution < -0.4 is 0 Å². The van der Waals surface area contributed by atoms with Crippen LogP contribution in [0.15, 0.2) is 46.0 Å². The van der Waals surface area contributed by atoms with Crippen molar-refractivity contribution in [3.63, 3.8) is 0 Å². The monoisotopic (exact) mass is 356 g/mol. The average molecular weight is 357 g/mol. The van der Waals surface area contributed by atoms with Crippen LogP contribution in [0.1, 0.15) is 12.5 Å². The van der Waals surface area contributed by atoms with E-state index in [1.807, 2.05) is 0 Å². The van der Waals surface area contributed by atoms with Crippen LogP contribution in [0.2, 0.25) is 0 Å². The van der Waals surface area contributed by atoms with Crippen LogP contribution in [0.5, 0.6) is 0 Å². The SMILES string of the molecule is O=S(=O)(c1ccccc1Br)N1CCC(n2ccnn2)C1. The second-order valence-electron chi connectivity index (χ2n) is 4.62. The van der Waals surface area contributed by atoms with Gasteiger partial charge in [0.1, 0.15) is 0 Å². The van der Waals surface area contributed by atoms with E-state index in [-0.39, 0.29) is 6.04 Å². The summed E-state index contributed by atoms with van der Waals surface area (Å²) in [5, 5.41) is 7.70. The number of nitrogens with zero attached hydrogens (tertiary/aromatic N) is 4. The third kappa shape index (κ3) is 2.38. The van der Waals surface area contributed by atoms with E-state index in [1.54, 1.807) is 41.3 Å². The van der Waals surface area contributed by atoms with Crippen molar-refractivity contribution in [2.75, 3.05) is 13.1 Å². The molecule has 0 saturated carbocycles. The quantitative estimate of drug-likeness (QED) is 0.838. The summed E-state index contributed by atoms with van der Waals surface area (Å²) in [5.74, 6) is 0. The fourth-order valence-electron chi connectivity index (χ4n) is 2.35. The summed E-state index contributed by atoms with van der Waals surface area (Å²) in [5.41, 5.74) is 0. The lowest BCUT2D eigenvalue weighted by Gasteiger charge is -2.17. The van der Waals surface area contributed by atoms with E-state index >= 15 is 0 Å². The first-order valence-corrected chi connectivity index (χ1v) is 8.43. The van der Waals surface area contributed by atoms with E-state index in [0.717, 1.165) is 6.42 Å². The van der Waals surface area contributed by atoms with Crippen molar-refractivity contribution in [1.82, 2.24) is 19.3 Å². The Balaban J connectivity index is 1.85. The number of aromatic nitrogens is 3. The Hall–Kier alpha value is -1.25. The smallest absolute Gasteiger partial charge is 0.244 e. The summed E-state index contributed by atoms with van der Waals surface area (Å²) >= 11 is 3.30. The predicted molar refractivity (Wildman–Crippen MR) is 76.6 cm³/mol. The first-order chi connectivity index (χ1) is 9.59. The number of sulfonamides is 1. The lowest BCUT2D eigenvalue weighted by Crippen LogP contribution is -2.29. The molecule has 2 aromatic rings. The van der Waals surface area contributed by atoms with Crippen molar-refractivity contribution in [1.29, 1.82) is 0 Å². The lowest BCUT2D eigenvalue weighted by molar-refractivity contribution is 0.428. The molecule has 1 unspecified atom stereocenters. The molecule has 8 heteroatoms. The minimum atomic E-state index is -3.47. The highest BCUT2D eigenvalue weighted by molar-refractivity contribution is 9.10. The fourth-order valence-corrected chi connectivity index (χ4v) is 4.81. The topological polar surface area (TPSA) is 68.1 Å². The molecule has 1 fully saturated rings. The standard InChI is InChI=1S/C12H13BrN4O2S/c13-11-3-1-2-4-12(11)20(18,19)16-7-5-10(9-16)17-8-6-14-15-17/h1-4,6,8,10H,5,7,9H2. The van der Waals surface area contributed by atoms with Crippen molar-refractivity contribution in [3.8, 4) is 0 Å². The van der Waals surface area contributed by atoms with Gasteiger partial charge in [0, 0.05) is 23.8 Å². The highest BCUT2D eigenvalue weighted by Crippen LogP contribution is 2.30. The zero-order chi connectivity index (χ0) is 14.2. The Morgan fingerprint density at radius 2 is 2.10 bits per heavy atom. The van der Waals surface area contributed by atoms with Gasteiger partial charge in [0.15, 0.2) is 0 Å². The normalized spacial score (nSPS) is 20.4. The van der Waals surface area contributed by atoms with Crippen molar-refractivity contribution < 1.29 is 8.42 Å². The molecule has 1 aliphatic heterocycles. The Labute approximate surface area is 125 Å². The molecule has 2 heterocycles. The number of hydrogen-bond donors (Lipinski definition) is 0. The fraction of sp³-hybridized carbons (Fsp3) is 0.333. The Morgan fingerprint density at radius 1 is 1.30 bits per heavy atom. The predicted octanol–water partition coefficient (Wildman–Crippen LogP) is 1.68. The summed E-state index contributed by atoms with van der Waals surface area (Å²) in [6.07, 6.45) is 4.11. The van der Waals surface area contributed by atoms with Gasteiger partial charge >= 0.3 is 0 Å². The van der Waals surface area contributed by atoms with Crippen LogP contribution in [0, 0.1) is 0 Å². The van der Waals surface area contributed by atoms with Gasteiger partial charge in [0.2, 0.25) is 10.0 Å². The van der Waals surface area contributed by atoms with E-state index in [0.29, 0.717) is 22.5 Å². The summed E-state index contributed by atoms with van der Waals surface area (Å²) in [4.78, 5) is 0.305. The van der Waals surface area contributed by atoms with Crippen LogP contribution in [-0.4, -0.2) is 40.8 Å². The molecule has 0 bridgehead atoms. The van der Waals surface area contributed by atoms with Crippen LogP contribution in [0.4, 0.5) is 0 Å². The van der Waals surface area contributed by atoms with Crippen LogP contribution in [0.25, 0.3) is 0 Å². The molecule has 20 heavy (non-hydrogen) atoms. The molecular weight excluding hydrogens is 344 g/mol. The molecule has 106 valence electrons. The first kappa shape index (κ1) is 13.7. The Morgan fingerprint density at radius 3 is 2.80 bits per heavy atom. The first-order valence-electron chi connectivity index (χ1n) is 6.19. The third-order valence-electron chi connectivity index (χ3n) is 3.40. The molecule has 1 saturated heterocycles.